The molecule has 0 unspecified atom stereocenters. The highest BCUT2D eigenvalue weighted by Gasteiger charge is 2.33. The molecule has 3 heterocycles. The molecule has 17 heteroatoms. The van der Waals surface area contributed by atoms with Gasteiger partial charge in [-0.2, -0.15) is 5.21 Å². The zero-order valence-electron chi connectivity index (χ0n) is 16.8. The van der Waals surface area contributed by atoms with Crippen molar-refractivity contribution in [3.05, 3.63) is 37.1 Å². The third-order valence-corrected chi connectivity index (χ3v) is 7.43. The summed E-state index contributed by atoms with van der Waals surface area (Å²) in [5.41, 5.74) is 11.9. The summed E-state index contributed by atoms with van der Waals surface area (Å²) in [5, 5.41) is 18.9. The van der Waals surface area contributed by atoms with Crippen LogP contribution in [0, 0.1) is 0 Å². The molecule has 0 atom stereocenters. The van der Waals surface area contributed by atoms with Crippen LogP contribution in [0.2, 0.25) is 0 Å². The largest absolute Gasteiger partial charge is 0.329 e. The van der Waals surface area contributed by atoms with Crippen LogP contribution in [0.5, 0.6) is 0 Å². The van der Waals surface area contributed by atoms with Gasteiger partial charge in [-0.3, -0.25) is 4.40 Å². The maximum atomic E-state index is 13.1. The van der Waals surface area contributed by atoms with Crippen molar-refractivity contribution in [2.45, 2.75) is 15.8 Å². The zero-order chi connectivity index (χ0) is 23.8. The molecule has 33 heavy (non-hydrogen) atoms. The Morgan fingerprint density at radius 3 is 2.52 bits per heavy atom. The van der Waals surface area contributed by atoms with Crippen molar-refractivity contribution in [2.24, 2.45) is 16.6 Å². The average Bonchev–Trinajstić information content (AvgIpc) is 3.47. The van der Waals surface area contributed by atoms with Crippen LogP contribution in [-0.4, -0.2) is 71.0 Å². The highest BCUT2D eigenvalue weighted by Crippen LogP contribution is 2.39. The molecule has 4 rings (SSSR count). The summed E-state index contributed by atoms with van der Waals surface area (Å²) >= 11 is 0. The third kappa shape index (κ3) is 4.19. The minimum atomic E-state index is -4.64. The van der Waals surface area contributed by atoms with Crippen LogP contribution in [0.1, 0.15) is 0 Å². The fourth-order valence-electron chi connectivity index (χ4n) is 3.29. The maximum absolute atomic E-state index is 13.1. The predicted octanol–water partition coefficient (Wildman–Crippen LogP) is -2.21. The summed E-state index contributed by atoms with van der Waals surface area (Å²) in [6.45, 7) is -0.215. The number of H-pyrrole nitrogens is 1. The first-order valence-electron chi connectivity index (χ1n) is 9.30. The Balaban J connectivity index is 2.09. The number of nitrogens with one attached hydrogen (secondary N) is 2. The van der Waals surface area contributed by atoms with Gasteiger partial charge in [0.05, 0.1) is 5.56 Å². The number of imidazole rings is 1. The quantitative estimate of drug-likeness (QED) is 0.176. The number of hydrogen-bond donors (Lipinski definition) is 5. The van der Waals surface area contributed by atoms with Crippen LogP contribution in [-0.2, 0) is 20.0 Å². The molecule has 0 aliphatic rings. The van der Waals surface area contributed by atoms with Crippen molar-refractivity contribution < 1.29 is 16.8 Å². The van der Waals surface area contributed by atoms with E-state index in [0.717, 1.165) is 6.07 Å². The molecule has 4 aromatic rings. The summed E-state index contributed by atoms with van der Waals surface area (Å²) in [5.74, 6) is -0.200. The van der Waals surface area contributed by atoms with Gasteiger partial charge in [0.2, 0.25) is 25.9 Å². The summed E-state index contributed by atoms with van der Waals surface area (Å²) in [7, 11) is -9.08. The predicted molar refractivity (Wildman–Crippen MR) is 115 cm³/mol. The highest BCUT2D eigenvalue weighted by molar-refractivity contribution is 7.92. The lowest BCUT2D eigenvalue weighted by atomic mass is 10.0. The van der Waals surface area contributed by atoms with Crippen molar-refractivity contribution >= 4 is 25.7 Å². The molecule has 0 saturated heterocycles. The van der Waals surface area contributed by atoms with Gasteiger partial charge in [-0.05, 0) is 16.8 Å². The van der Waals surface area contributed by atoms with Gasteiger partial charge in [-0.15, -0.1) is 10.2 Å². The summed E-state index contributed by atoms with van der Waals surface area (Å²) in [6, 6.07) is 1.66. The Bertz CT molecular complexity index is 1510. The van der Waals surface area contributed by atoms with Crippen LogP contribution < -0.4 is 21.3 Å². The molecular formula is C16H19N11O4S2. The van der Waals surface area contributed by atoms with E-state index in [-0.39, 0.29) is 30.0 Å². The number of primary sulfonamides is 1. The Morgan fingerprint density at radius 2 is 1.88 bits per heavy atom. The number of aromatic nitrogens is 7. The van der Waals surface area contributed by atoms with Gasteiger partial charge < -0.3 is 11.5 Å². The Kier molecular flexibility index (Phi) is 5.91. The molecule has 0 fully saturated rings. The van der Waals surface area contributed by atoms with E-state index in [1.165, 1.54) is 24.8 Å². The van der Waals surface area contributed by atoms with Gasteiger partial charge in [0.1, 0.15) is 21.8 Å². The smallest absolute Gasteiger partial charge is 0.242 e. The van der Waals surface area contributed by atoms with E-state index in [0.29, 0.717) is 11.2 Å². The Hall–Kier alpha value is -3.35. The van der Waals surface area contributed by atoms with Crippen LogP contribution in [0.3, 0.4) is 0 Å². The van der Waals surface area contributed by atoms with Crippen molar-refractivity contribution in [3.8, 4) is 22.5 Å². The minimum absolute atomic E-state index is 0.107. The molecule has 0 amide bonds. The van der Waals surface area contributed by atoms with Crippen LogP contribution in [0.15, 0.2) is 46.8 Å². The number of tetrazole rings is 1. The summed E-state index contributed by atoms with van der Waals surface area (Å²) < 4.78 is 55.7. The monoisotopic (exact) mass is 493 g/mol. The molecule has 15 nitrogen and oxygen atoms in total. The normalized spacial score (nSPS) is 12.6. The topological polar surface area (TPSA) is 243 Å². The first kappa shape index (κ1) is 22.8. The Morgan fingerprint density at radius 1 is 1.12 bits per heavy atom. The lowest BCUT2D eigenvalue weighted by molar-refractivity contribution is 0.548. The minimum Gasteiger partial charge on any atom is -0.329 e. The van der Waals surface area contributed by atoms with Crippen molar-refractivity contribution in [2.75, 3.05) is 13.1 Å². The number of rotatable bonds is 8. The van der Waals surface area contributed by atoms with Crippen molar-refractivity contribution in [1.29, 1.82) is 0 Å². The molecule has 0 saturated carbocycles. The van der Waals surface area contributed by atoms with Gasteiger partial charge >= 0.3 is 0 Å². The second-order valence-electron chi connectivity index (χ2n) is 6.85. The first-order valence-corrected chi connectivity index (χ1v) is 12.3. The standard InChI is InChI=1S/C16H19N11O4S2/c17-5-9(6-18)24-33(30,31)12-2-1-10(11-7-20-8-27-4-3-21-16(11)27)13(14(12)32(19,28)29)15-22-25-26-23-15/h1-4,7-9,24H,5-6,17-18H2,(H2,19,28,29)(H,22,23,25,26). The number of hydrogen-bond acceptors (Lipinski definition) is 11. The average molecular weight is 494 g/mol. The maximum Gasteiger partial charge on any atom is 0.242 e. The zero-order valence-corrected chi connectivity index (χ0v) is 18.5. The molecule has 0 aliphatic carbocycles. The molecule has 0 aliphatic heterocycles. The molecule has 3 aromatic heterocycles. The summed E-state index contributed by atoms with van der Waals surface area (Å²) in [4.78, 5) is 7.04. The number of aromatic amines is 1. The van der Waals surface area contributed by atoms with Crippen molar-refractivity contribution in [3.63, 3.8) is 0 Å². The Labute approximate surface area is 187 Å². The van der Waals surface area contributed by atoms with E-state index in [1.807, 2.05) is 0 Å². The lowest BCUT2D eigenvalue weighted by Crippen LogP contribution is -2.45. The lowest BCUT2D eigenvalue weighted by Gasteiger charge is -2.19. The second-order valence-corrected chi connectivity index (χ2v) is 10.0. The number of nitrogens with two attached hydrogens (primary N) is 3. The fraction of sp³-hybridized carbons (Fsp3) is 0.188. The van der Waals surface area contributed by atoms with E-state index in [9.17, 15) is 16.8 Å². The second kappa shape index (κ2) is 8.54. The van der Waals surface area contributed by atoms with Crippen molar-refractivity contribution in [1.82, 2.24) is 39.7 Å². The molecule has 8 N–H and O–H groups in total. The van der Waals surface area contributed by atoms with E-state index >= 15 is 0 Å². The number of nitrogens with zero attached hydrogens (tertiary/aromatic N) is 6. The number of benzene rings is 1. The first-order chi connectivity index (χ1) is 15.7. The fourth-order valence-corrected chi connectivity index (χ4v) is 6.15. The molecule has 1 aromatic carbocycles. The van der Waals surface area contributed by atoms with Gasteiger partial charge in [0.25, 0.3) is 0 Å². The molecule has 174 valence electrons. The van der Waals surface area contributed by atoms with E-state index in [4.69, 9.17) is 16.6 Å². The molecule has 0 spiro atoms. The van der Waals surface area contributed by atoms with E-state index in [1.54, 1.807) is 10.6 Å². The van der Waals surface area contributed by atoms with Gasteiger partial charge in [-0.1, -0.05) is 6.07 Å². The number of fused-ring (bicyclic) bond motifs is 1. The van der Waals surface area contributed by atoms with Crippen LogP contribution >= 0.6 is 0 Å². The van der Waals surface area contributed by atoms with Gasteiger partial charge in [-0.25, -0.2) is 36.7 Å². The third-order valence-electron chi connectivity index (χ3n) is 4.75. The highest BCUT2D eigenvalue weighted by atomic mass is 32.2. The van der Waals surface area contributed by atoms with Crippen LogP contribution in [0.25, 0.3) is 28.2 Å². The van der Waals surface area contributed by atoms with Crippen LogP contribution in [0.4, 0.5) is 0 Å². The molecule has 0 bridgehead atoms. The number of sulfonamides is 2. The molecule has 0 radical (unpaired) electrons. The summed E-state index contributed by atoms with van der Waals surface area (Å²) in [6.07, 6.45) is 6.11. The molecular weight excluding hydrogens is 474 g/mol. The SMILES string of the molecule is NCC(CN)NS(=O)(=O)c1ccc(-c2cncn3ccnc23)c(-c2nn[nH]n2)c1S(N)(=O)=O. The van der Waals surface area contributed by atoms with E-state index in [2.05, 4.69) is 35.3 Å². The van der Waals surface area contributed by atoms with E-state index < -0.39 is 35.9 Å². The van der Waals surface area contributed by atoms with Gasteiger partial charge in [0.15, 0.2) is 0 Å². The van der Waals surface area contributed by atoms with Gasteiger partial charge in [0, 0.05) is 43.3 Å².